The molecule has 0 atom stereocenters. The van der Waals surface area contributed by atoms with Gasteiger partial charge in [0, 0.05) is 5.92 Å². The van der Waals surface area contributed by atoms with Crippen LogP contribution in [0.3, 0.4) is 0 Å². The maximum atomic E-state index is 12.6. The molecule has 2 heterocycles. The Balaban J connectivity index is 1.49. The summed E-state index contributed by atoms with van der Waals surface area (Å²) in [6.07, 6.45) is 4.43. The number of amides is 1. The fourth-order valence-corrected chi connectivity index (χ4v) is 2.85. The number of para-hydroxylation sites is 2. The minimum absolute atomic E-state index is 0.0468. The summed E-state index contributed by atoms with van der Waals surface area (Å²) in [5.74, 6) is 0.198. The average molecular weight is 339 g/mol. The number of fused-ring (bicyclic) bond motifs is 1. The van der Waals surface area contributed by atoms with E-state index in [1.54, 1.807) is 12.1 Å². The molecule has 3 aromatic rings. The molecule has 25 heavy (non-hydrogen) atoms. The van der Waals surface area contributed by atoms with Gasteiger partial charge in [-0.1, -0.05) is 23.8 Å². The lowest BCUT2D eigenvalue weighted by Crippen LogP contribution is -2.28. The monoisotopic (exact) mass is 339 g/mol. The lowest BCUT2D eigenvalue weighted by molar-refractivity contribution is -0.122. The molecule has 9 nitrogen and oxygen atoms in total. The topological polar surface area (TPSA) is 121 Å². The Morgan fingerprint density at radius 3 is 2.84 bits per heavy atom. The first kappa shape index (κ1) is 15.3. The van der Waals surface area contributed by atoms with Gasteiger partial charge >= 0.3 is 0 Å². The van der Waals surface area contributed by atoms with Crippen LogP contribution in [0, 0.1) is 5.92 Å². The van der Waals surface area contributed by atoms with E-state index in [2.05, 4.69) is 20.6 Å². The quantitative estimate of drug-likeness (QED) is 0.739. The van der Waals surface area contributed by atoms with E-state index in [0.29, 0.717) is 16.9 Å². The number of nitrogens with one attached hydrogen (secondary N) is 1. The number of carbonyl (C=O) groups excluding carboxylic acids is 2. The van der Waals surface area contributed by atoms with Gasteiger partial charge < -0.3 is 11.1 Å². The highest BCUT2D eigenvalue weighted by Crippen LogP contribution is 2.27. The number of rotatable bonds is 4. The van der Waals surface area contributed by atoms with E-state index in [0.717, 1.165) is 19.3 Å². The molecule has 1 amide bonds. The van der Waals surface area contributed by atoms with E-state index >= 15 is 0 Å². The molecule has 9 heteroatoms. The summed E-state index contributed by atoms with van der Waals surface area (Å²) in [5.41, 5.74) is 7.16. The Morgan fingerprint density at radius 1 is 1.28 bits per heavy atom. The summed E-state index contributed by atoms with van der Waals surface area (Å²) in [7, 11) is 0. The molecule has 2 aromatic heterocycles. The fourth-order valence-electron chi connectivity index (χ4n) is 2.85. The average Bonchev–Trinajstić information content (AvgIpc) is 3.08. The molecule has 0 aliphatic heterocycles. The number of imidazole rings is 1. The molecule has 3 N–H and O–H groups in total. The van der Waals surface area contributed by atoms with Crippen molar-refractivity contribution in [2.24, 2.45) is 5.92 Å². The summed E-state index contributed by atoms with van der Waals surface area (Å²) in [6, 6.07) is 7.22. The van der Waals surface area contributed by atoms with Crippen LogP contribution in [0.15, 0.2) is 30.5 Å². The molecule has 1 saturated carbocycles. The molecule has 1 aliphatic carbocycles. The lowest BCUT2D eigenvalue weighted by atomic mass is 9.85. The van der Waals surface area contributed by atoms with Crippen LogP contribution in [0.5, 0.6) is 0 Å². The second kappa shape index (κ2) is 6.00. The van der Waals surface area contributed by atoms with Crippen LogP contribution in [0.1, 0.15) is 24.1 Å². The van der Waals surface area contributed by atoms with E-state index in [1.165, 1.54) is 15.4 Å². The molecule has 128 valence electrons. The third-order valence-corrected chi connectivity index (χ3v) is 4.40. The predicted molar refractivity (Wildman–Crippen MR) is 90.8 cm³/mol. The van der Waals surface area contributed by atoms with Crippen molar-refractivity contribution in [2.45, 2.75) is 25.8 Å². The number of nitrogens with zero attached hydrogens (tertiary/aromatic N) is 5. The molecule has 0 bridgehead atoms. The van der Waals surface area contributed by atoms with Crippen molar-refractivity contribution < 1.29 is 9.59 Å². The molecular weight excluding hydrogens is 322 g/mol. The summed E-state index contributed by atoms with van der Waals surface area (Å²) in [4.78, 5) is 28.7. The molecule has 1 fully saturated rings. The van der Waals surface area contributed by atoms with Crippen molar-refractivity contribution in [3.8, 4) is 0 Å². The van der Waals surface area contributed by atoms with Crippen molar-refractivity contribution in [2.75, 3.05) is 11.1 Å². The molecule has 0 unspecified atom stereocenters. The Morgan fingerprint density at radius 2 is 2.08 bits per heavy atom. The number of hydrogen-bond donors (Lipinski definition) is 2. The minimum Gasteiger partial charge on any atom is -0.369 e. The smallest absolute Gasteiger partial charge is 0.255 e. The van der Waals surface area contributed by atoms with Crippen LogP contribution >= 0.6 is 0 Å². The normalized spacial score (nSPS) is 14.4. The highest BCUT2D eigenvalue weighted by atomic mass is 16.2. The Hall–Kier alpha value is -3.23. The summed E-state index contributed by atoms with van der Waals surface area (Å²) in [5, 5.41) is 10.5. The third kappa shape index (κ3) is 2.84. The SMILES string of the molecule is Nc1nc2ccccc2n1C(=O)Cn1cc(NC(=O)C2CCC2)nn1. The molecule has 0 radical (unpaired) electrons. The zero-order chi connectivity index (χ0) is 17.4. The van der Waals surface area contributed by atoms with Crippen LogP contribution in [0.25, 0.3) is 11.0 Å². The van der Waals surface area contributed by atoms with Crippen LogP contribution in [0.4, 0.5) is 11.8 Å². The van der Waals surface area contributed by atoms with Crippen LogP contribution in [-0.4, -0.2) is 36.4 Å². The van der Waals surface area contributed by atoms with Crippen LogP contribution in [-0.2, 0) is 11.3 Å². The Kier molecular flexibility index (Phi) is 3.68. The van der Waals surface area contributed by atoms with E-state index in [1.807, 2.05) is 12.1 Å². The largest absolute Gasteiger partial charge is 0.369 e. The minimum atomic E-state index is -0.284. The highest BCUT2D eigenvalue weighted by Gasteiger charge is 2.25. The number of nitrogen functional groups attached to an aromatic ring is 1. The molecule has 1 aliphatic rings. The number of nitrogens with two attached hydrogens (primary N) is 1. The summed E-state index contributed by atoms with van der Waals surface area (Å²) >= 11 is 0. The number of anilines is 2. The number of aromatic nitrogens is 5. The first-order valence-corrected chi connectivity index (χ1v) is 8.09. The molecule has 0 spiro atoms. The lowest BCUT2D eigenvalue weighted by Gasteiger charge is -2.23. The van der Waals surface area contributed by atoms with Gasteiger partial charge in [0.1, 0.15) is 6.54 Å². The second-order valence-electron chi connectivity index (χ2n) is 6.11. The number of carbonyl (C=O) groups is 2. The van der Waals surface area contributed by atoms with Gasteiger partial charge in [-0.3, -0.25) is 9.59 Å². The molecule has 0 saturated heterocycles. The van der Waals surface area contributed by atoms with Crippen molar-refractivity contribution in [3.05, 3.63) is 30.5 Å². The second-order valence-corrected chi connectivity index (χ2v) is 6.11. The zero-order valence-corrected chi connectivity index (χ0v) is 13.4. The standard InChI is InChI=1S/C16H17N7O2/c17-16-18-11-6-1-2-7-12(11)23(16)14(24)9-22-8-13(20-21-22)19-15(25)10-4-3-5-10/h1-2,6-8,10H,3-5,9H2,(H2,17,18)(H,19,25). The first-order valence-electron chi connectivity index (χ1n) is 8.09. The van der Waals surface area contributed by atoms with E-state index in [-0.39, 0.29) is 30.2 Å². The van der Waals surface area contributed by atoms with Gasteiger partial charge in [0.15, 0.2) is 5.82 Å². The van der Waals surface area contributed by atoms with Gasteiger partial charge in [-0.15, -0.1) is 5.10 Å². The van der Waals surface area contributed by atoms with Gasteiger partial charge in [-0.25, -0.2) is 14.2 Å². The number of benzene rings is 1. The van der Waals surface area contributed by atoms with E-state index in [4.69, 9.17) is 5.73 Å². The predicted octanol–water partition coefficient (Wildman–Crippen LogP) is 1.29. The van der Waals surface area contributed by atoms with Gasteiger partial charge in [-0.05, 0) is 25.0 Å². The van der Waals surface area contributed by atoms with Gasteiger partial charge in [0.2, 0.25) is 11.9 Å². The summed E-state index contributed by atoms with van der Waals surface area (Å²) < 4.78 is 2.72. The maximum absolute atomic E-state index is 12.6. The third-order valence-electron chi connectivity index (χ3n) is 4.40. The highest BCUT2D eigenvalue weighted by molar-refractivity contribution is 5.94. The van der Waals surface area contributed by atoms with E-state index < -0.39 is 0 Å². The zero-order valence-electron chi connectivity index (χ0n) is 13.4. The maximum Gasteiger partial charge on any atom is 0.255 e. The molecular formula is C16H17N7O2. The van der Waals surface area contributed by atoms with Gasteiger partial charge in [-0.2, -0.15) is 0 Å². The number of hydrogen-bond acceptors (Lipinski definition) is 6. The molecule has 4 rings (SSSR count). The Labute approximate surface area is 142 Å². The van der Waals surface area contributed by atoms with Crippen LogP contribution in [0.2, 0.25) is 0 Å². The first-order chi connectivity index (χ1) is 12.1. The van der Waals surface area contributed by atoms with Gasteiger partial charge in [0.25, 0.3) is 5.91 Å². The Bertz CT molecular complexity index is 954. The molecule has 1 aromatic carbocycles. The van der Waals surface area contributed by atoms with Gasteiger partial charge in [0.05, 0.1) is 17.2 Å². The fraction of sp³-hybridized carbons (Fsp3) is 0.312. The van der Waals surface area contributed by atoms with Crippen molar-refractivity contribution in [1.82, 2.24) is 24.5 Å². The van der Waals surface area contributed by atoms with Crippen molar-refractivity contribution in [3.63, 3.8) is 0 Å². The van der Waals surface area contributed by atoms with E-state index in [9.17, 15) is 9.59 Å². The van der Waals surface area contributed by atoms with Crippen molar-refractivity contribution in [1.29, 1.82) is 0 Å². The van der Waals surface area contributed by atoms with Crippen molar-refractivity contribution >= 4 is 34.6 Å². The summed E-state index contributed by atoms with van der Waals surface area (Å²) in [6.45, 7) is -0.0587. The van der Waals surface area contributed by atoms with Crippen LogP contribution < -0.4 is 11.1 Å².